The maximum Gasteiger partial charge on any atom is 0.291 e. The summed E-state index contributed by atoms with van der Waals surface area (Å²) in [5.41, 5.74) is 0.405. The number of carbonyl (C=O) groups excluding carboxylic acids is 2. The number of amides is 2. The summed E-state index contributed by atoms with van der Waals surface area (Å²) in [5.74, 6) is -0.887. The van der Waals surface area contributed by atoms with Gasteiger partial charge in [0.15, 0.2) is 5.76 Å². The van der Waals surface area contributed by atoms with Crippen molar-refractivity contribution in [1.82, 2.24) is 4.72 Å². The number of sulfonamides is 1. The molecule has 0 saturated carbocycles. The molecule has 7 nitrogen and oxygen atoms in total. The molecule has 2 rings (SSSR count). The molecule has 1 heterocycles. The lowest BCUT2D eigenvalue weighted by Crippen LogP contribution is -2.29. The first-order valence-electron chi connectivity index (χ1n) is 6.43. The Kier molecular flexibility index (Phi) is 4.62. The Labute approximate surface area is 127 Å². The van der Waals surface area contributed by atoms with Gasteiger partial charge in [-0.1, -0.05) is 6.92 Å². The second-order valence-electron chi connectivity index (χ2n) is 4.34. The van der Waals surface area contributed by atoms with Gasteiger partial charge >= 0.3 is 0 Å². The van der Waals surface area contributed by atoms with Gasteiger partial charge < -0.3 is 9.73 Å². The molecule has 0 aliphatic heterocycles. The molecule has 2 N–H and O–H groups in total. The molecule has 0 radical (unpaired) electrons. The molecule has 0 saturated heterocycles. The van der Waals surface area contributed by atoms with Crippen LogP contribution in [-0.4, -0.2) is 20.2 Å². The van der Waals surface area contributed by atoms with E-state index in [4.69, 9.17) is 4.42 Å². The van der Waals surface area contributed by atoms with Crippen LogP contribution in [0.1, 0.15) is 23.9 Å². The summed E-state index contributed by atoms with van der Waals surface area (Å²) in [6.07, 6.45) is 1.44. The second-order valence-corrected chi connectivity index (χ2v) is 6.02. The first-order chi connectivity index (χ1) is 10.4. The van der Waals surface area contributed by atoms with Crippen LogP contribution in [-0.2, 0) is 14.8 Å². The normalized spacial score (nSPS) is 11.0. The molecule has 0 aliphatic carbocycles. The van der Waals surface area contributed by atoms with Crippen molar-refractivity contribution in [3.05, 3.63) is 48.4 Å². The minimum atomic E-state index is -3.89. The van der Waals surface area contributed by atoms with E-state index in [1.54, 1.807) is 13.0 Å². The first kappa shape index (κ1) is 15.8. The Hall–Kier alpha value is -2.61. The number of rotatable bonds is 5. The van der Waals surface area contributed by atoms with E-state index in [2.05, 4.69) is 5.32 Å². The van der Waals surface area contributed by atoms with Crippen LogP contribution in [0.3, 0.4) is 0 Å². The topological polar surface area (TPSA) is 105 Å². The van der Waals surface area contributed by atoms with E-state index in [1.807, 2.05) is 4.72 Å². The van der Waals surface area contributed by atoms with Gasteiger partial charge in [0.25, 0.3) is 15.9 Å². The minimum absolute atomic E-state index is 0.0645. The molecule has 116 valence electrons. The molecule has 1 aromatic carbocycles. The summed E-state index contributed by atoms with van der Waals surface area (Å²) >= 11 is 0. The van der Waals surface area contributed by atoms with Gasteiger partial charge in [0.2, 0.25) is 5.91 Å². The molecular formula is C14H14N2O5S. The predicted octanol–water partition coefficient (Wildman–Crippen LogP) is 1.75. The van der Waals surface area contributed by atoms with Crippen molar-refractivity contribution in [1.29, 1.82) is 0 Å². The second kappa shape index (κ2) is 6.44. The molecule has 1 aromatic heterocycles. The fourth-order valence-corrected chi connectivity index (χ4v) is 2.66. The summed E-state index contributed by atoms with van der Waals surface area (Å²) in [4.78, 5) is 22.9. The maximum atomic E-state index is 11.9. The number of carbonyl (C=O) groups is 2. The number of nitrogens with one attached hydrogen (secondary N) is 2. The predicted molar refractivity (Wildman–Crippen MR) is 78.7 cm³/mol. The number of benzene rings is 1. The van der Waals surface area contributed by atoms with Gasteiger partial charge in [0.1, 0.15) is 0 Å². The number of hydrogen-bond donors (Lipinski definition) is 2. The van der Waals surface area contributed by atoms with E-state index in [0.717, 1.165) is 0 Å². The van der Waals surface area contributed by atoms with Crippen molar-refractivity contribution in [3.63, 3.8) is 0 Å². The van der Waals surface area contributed by atoms with Crippen LogP contribution in [0.25, 0.3) is 0 Å². The van der Waals surface area contributed by atoms with Crippen molar-refractivity contribution in [2.24, 2.45) is 0 Å². The third kappa shape index (κ3) is 3.73. The first-order valence-corrected chi connectivity index (χ1v) is 7.91. The summed E-state index contributed by atoms with van der Waals surface area (Å²) < 4.78 is 30.7. The smallest absolute Gasteiger partial charge is 0.291 e. The van der Waals surface area contributed by atoms with Gasteiger partial charge in [0.05, 0.1) is 11.2 Å². The Morgan fingerprint density at radius 3 is 2.36 bits per heavy atom. The summed E-state index contributed by atoms with van der Waals surface area (Å²) in [6.45, 7) is 1.55. The van der Waals surface area contributed by atoms with Gasteiger partial charge in [-0.25, -0.2) is 13.1 Å². The zero-order chi connectivity index (χ0) is 16.2. The van der Waals surface area contributed by atoms with E-state index in [0.29, 0.717) is 5.69 Å². The fraction of sp³-hybridized carbons (Fsp3) is 0.143. The highest BCUT2D eigenvalue weighted by Crippen LogP contribution is 2.15. The van der Waals surface area contributed by atoms with Crippen LogP contribution in [0.15, 0.2) is 52.0 Å². The van der Waals surface area contributed by atoms with Gasteiger partial charge in [-0.2, -0.15) is 0 Å². The van der Waals surface area contributed by atoms with Crippen LogP contribution < -0.4 is 10.0 Å². The molecule has 2 aromatic rings. The highest BCUT2D eigenvalue weighted by atomic mass is 32.2. The van der Waals surface area contributed by atoms with Crippen LogP contribution >= 0.6 is 0 Å². The molecule has 0 atom stereocenters. The quantitative estimate of drug-likeness (QED) is 0.872. The van der Waals surface area contributed by atoms with Gasteiger partial charge in [-0.05, 0) is 36.4 Å². The van der Waals surface area contributed by atoms with Crippen LogP contribution in [0.4, 0.5) is 5.69 Å². The SMILES string of the molecule is CCC(=O)NS(=O)(=O)c1ccc(NC(=O)c2ccco2)cc1. The van der Waals surface area contributed by atoms with E-state index in [9.17, 15) is 18.0 Å². The molecule has 0 aliphatic rings. The summed E-state index contributed by atoms with van der Waals surface area (Å²) in [5, 5.41) is 2.56. The van der Waals surface area contributed by atoms with Gasteiger partial charge in [-0.15, -0.1) is 0 Å². The lowest BCUT2D eigenvalue weighted by Gasteiger charge is -2.07. The fourth-order valence-electron chi connectivity index (χ4n) is 1.60. The van der Waals surface area contributed by atoms with E-state index < -0.39 is 21.8 Å². The van der Waals surface area contributed by atoms with Crippen LogP contribution in [0.5, 0.6) is 0 Å². The average Bonchev–Trinajstić information content (AvgIpc) is 3.01. The molecule has 2 amide bonds. The lowest BCUT2D eigenvalue weighted by atomic mass is 10.3. The van der Waals surface area contributed by atoms with Crippen LogP contribution in [0.2, 0.25) is 0 Å². The molecule has 0 spiro atoms. The Bertz CT molecular complexity index is 764. The van der Waals surface area contributed by atoms with Gasteiger partial charge in [0, 0.05) is 12.1 Å². The Morgan fingerprint density at radius 2 is 1.82 bits per heavy atom. The molecule has 0 unspecified atom stereocenters. The zero-order valence-corrected chi connectivity index (χ0v) is 12.5. The molecular weight excluding hydrogens is 308 g/mol. The zero-order valence-electron chi connectivity index (χ0n) is 11.7. The molecule has 0 bridgehead atoms. The third-order valence-electron chi connectivity index (χ3n) is 2.74. The lowest BCUT2D eigenvalue weighted by molar-refractivity contribution is -0.119. The molecule has 22 heavy (non-hydrogen) atoms. The third-order valence-corrected chi connectivity index (χ3v) is 4.13. The van der Waals surface area contributed by atoms with E-state index in [-0.39, 0.29) is 17.1 Å². The van der Waals surface area contributed by atoms with Crippen molar-refractivity contribution in [3.8, 4) is 0 Å². The van der Waals surface area contributed by atoms with Crippen molar-refractivity contribution in [2.75, 3.05) is 5.32 Å². The molecule has 0 fully saturated rings. The number of anilines is 1. The minimum Gasteiger partial charge on any atom is -0.459 e. The van der Waals surface area contributed by atoms with Gasteiger partial charge in [-0.3, -0.25) is 9.59 Å². The van der Waals surface area contributed by atoms with E-state index in [1.165, 1.54) is 36.6 Å². The monoisotopic (exact) mass is 322 g/mol. The summed E-state index contributed by atoms with van der Waals surface area (Å²) in [7, 11) is -3.89. The highest BCUT2D eigenvalue weighted by molar-refractivity contribution is 7.90. The standard InChI is InChI=1S/C14H14N2O5S/c1-2-13(17)16-22(19,20)11-7-5-10(6-8-11)15-14(18)12-4-3-9-21-12/h3-9H,2H2,1H3,(H,15,18)(H,16,17). The number of furan rings is 1. The largest absolute Gasteiger partial charge is 0.459 e. The van der Waals surface area contributed by atoms with Crippen molar-refractivity contribution < 1.29 is 22.4 Å². The van der Waals surface area contributed by atoms with E-state index >= 15 is 0 Å². The Morgan fingerprint density at radius 1 is 1.14 bits per heavy atom. The average molecular weight is 322 g/mol. The number of hydrogen-bond acceptors (Lipinski definition) is 5. The summed E-state index contributed by atoms with van der Waals surface area (Å²) in [6, 6.07) is 8.53. The maximum absolute atomic E-state index is 11.9. The Balaban J connectivity index is 2.10. The molecule has 8 heteroatoms. The van der Waals surface area contributed by atoms with Crippen molar-refractivity contribution >= 4 is 27.5 Å². The van der Waals surface area contributed by atoms with Crippen LogP contribution in [0, 0.1) is 0 Å². The van der Waals surface area contributed by atoms with Crippen molar-refractivity contribution in [2.45, 2.75) is 18.2 Å². The highest BCUT2D eigenvalue weighted by Gasteiger charge is 2.16.